The van der Waals surface area contributed by atoms with Gasteiger partial charge < -0.3 is 38.3 Å². The van der Waals surface area contributed by atoms with Gasteiger partial charge in [0.15, 0.2) is 0 Å². The maximum atomic E-state index is 12.7. The van der Waals surface area contributed by atoms with Crippen LogP contribution in [0.1, 0.15) is 33.1 Å². The topological polar surface area (TPSA) is 237 Å². The summed E-state index contributed by atoms with van der Waals surface area (Å²) in [5, 5.41) is 15.8. The fraction of sp³-hybridized carbons (Fsp3) is 0.647. The van der Waals surface area contributed by atoms with Gasteiger partial charge in [0, 0.05) is 12.2 Å². The van der Waals surface area contributed by atoms with Crippen LogP contribution in [0, 0.1) is 5.92 Å². The summed E-state index contributed by atoms with van der Waals surface area (Å²) in [5.74, 6) is -6.10. The number of carboxylic acids is 1. The number of hydrogen-bond donors (Lipinski definition) is 8. The molecule has 0 aromatic carbocycles. The van der Waals surface area contributed by atoms with Gasteiger partial charge in [0.05, 0.1) is 12.5 Å². The second kappa shape index (κ2) is 13.4. The number of nitrogens with one attached hydrogen (secondary N) is 3. The average Bonchev–Trinajstić information content (AvgIpc) is 2.66. The quantitative estimate of drug-likeness (QED) is 0.121. The number of amides is 5. The molecule has 4 atom stereocenters. The van der Waals surface area contributed by atoms with Crippen molar-refractivity contribution < 1.29 is 33.9 Å². The Morgan fingerprint density at radius 2 is 1.32 bits per heavy atom. The highest BCUT2D eigenvalue weighted by molar-refractivity contribution is 7.80. The van der Waals surface area contributed by atoms with E-state index in [1.54, 1.807) is 13.8 Å². The number of carboxylic acid groups (broad SMARTS) is 1. The van der Waals surface area contributed by atoms with Gasteiger partial charge in [0.25, 0.3) is 0 Å². The Balaban J connectivity index is 5.51. The number of aliphatic carboxylic acids is 1. The monoisotopic (exact) mass is 462 g/mol. The van der Waals surface area contributed by atoms with Crippen molar-refractivity contribution in [2.24, 2.45) is 23.1 Å². The standard InChI is InChI=1S/C17H30N6O7S/c1-7(2)13(20)16(28)22-9(5-12(19)25)15(27)21-8(3-4-11(18)24)14(26)23-10(6-31)17(29)30/h7-10,13,31H,3-6,20H2,1-2H3,(H2,18,24)(H2,19,25)(H,21,27)(H,22,28)(H,23,26)(H,29,30). The Bertz CT molecular complexity index is 702. The summed E-state index contributed by atoms with van der Waals surface area (Å²) in [6.07, 6.45) is -1.14. The van der Waals surface area contributed by atoms with Crippen molar-refractivity contribution >= 4 is 48.1 Å². The lowest BCUT2D eigenvalue weighted by atomic mass is 10.0. The zero-order chi connectivity index (χ0) is 24.3. The summed E-state index contributed by atoms with van der Waals surface area (Å²) < 4.78 is 0. The summed E-state index contributed by atoms with van der Waals surface area (Å²) >= 11 is 3.83. The lowest BCUT2D eigenvalue weighted by Gasteiger charge is -2.25. The molecule has 0 rings (SSSR count). The molecule has 0 aliphatic rings. The molecular weight excluding hydrogens is 432 g/mol. The van der Waals surface area contributed by atoms with Crippen molar-refractivity contribution in [3.05, 3.63) is 0 Å². The molecule has 0 aromatic rings. The van der Waals surface area contributed by atoms with Gasteiger partial charge in [-0.25, -0.2) is 4.79 Å². The van der Waals surface area contributed by atoms with Gasteiger partial charge in [-0.3, -0.25) is 24.0 Å². The predicted molar refractivity (Wildman–Crippen MR) is 112 cm³/mol. The van der Waals surface area contributed by atoms with Gasteiger partial charge in [-0.1, -0.05) is 13.8 Å². The zero-order valence-electron chi connectivity index (χ0n) is 17.3. The summed E-state index contributed by atoms with van der Waals surface area (Å²) in [7, 11) is 0. The molecule has 14 heteroatoms. The van der Waals surface area contributed by atoms with Crippen molar-refractivity contribution in [1.29, 1.82) is 0 Å². The molecule has 10 N–H and O–H groups in total. The Labute approximate surface area is 184 Å². The van der Waals surface area contributed by atoms with E-state index in [9.17, 15) is 28.8 Å². The van der Waals surface area contributed by atoms with E-state index >= 15 is 0 Å². The zero-order valence-corrected chi connectivity index (χ0v) is 18.2. The van der Waals surface area contributed by atoms with Gasteiger partial charge in [-0.15, -0.1) is 0 Å². The van der Waals surface area contributed by atoms with Crippen LogP contribution in [-0.4, -0.2) is 70.5 Å². The van der Waals surface area contributed by atoms with E-state index in [1.165, 1.54) is 0 Å². The first kappa shape index (κ1) is 28.1. The smallest absolute Gasteiger partial charge is 0.327 e. The second-order valence-corrected chi connectivity index (χ2v) is 7.51. The van der Waals surface area contributed by atoms with Crippen LogP contribution >= 0.6 is 12.6 Å². The minimum Gasteiger partial charge on any atom is -0.480 e. The Hall–Kier alpha value is -2.87. The van der Waals surface area contributed by atoms with E-state index in [1.807, 2.05) is 0 Å². The summed E-state index contributed by atoms with van der Waals surface area (Å²) in [5.41, 5.74) is 15.9. The Morgan fingerprint density at radius 1 is 0.839 bits per heavy atom. The molecule has 0 fully saturated rings. The van der Waals surface area contributed by atoms with Crippen molar-refractivity contribution in [3.63, 3.8) is 0 Å². The average molecular weight is 463 g/mol. The summed E-state index contributed by atoms with van der Waals surface area (Å²) in [6.45, 7) is 3.36. The van der Waals surface area contributed by atoms with Crippen LogP contribution in [-0.2, 0) is 28.8 Å². The van der Waals surface area contributed by atoms with Crippen LogP contribution in [0.4, 0.5) is 0 Å². The molecule has 0 saturated carbocycles. The molecule has 0 aliphatic heterocycles. The van der Waals surface area contributed by atoms with Gasteiger partial charge in [0.1, 0.15) is 18.1 Å². The number of hydrogen-bond acceptors (Lipinski definition) is 8. The van der Waals surface area contributed by atoms with Crippen LogP contribution in [0.2, 0.25) is 0 Å². The largest absolute Gasteiger partial charge is 0.480 e. The van der Waals surface area contributed by atoms with Crippen LogP contribution in [0.5, 0.6) is 0 Å². The molecule has 0 bridgehead atoms. The molecule has 176 valence electrons. The van der Waals surface area contributed by atoms with Crippen LogP contribution in [0.25, 0.3) is 0 Å². The highest BCUT2D eigenvalue weighted by Crippen LogP contribution is 2.04. The molecule has 0 aliphatic carbocycles. The van der Waals surface area contributed by atoms with Crippen LogP contribution in [0.3, 0.4) is 0 Å². The maximum Gasteiger partial charge on any atom is 0.327 e. The molecule has 4 unspecified atom stereocenters. The third-order valence-electron chi connectivity index (χ3n) is 4.17. The SMILES string of the molecule is CC(C)C(N)C(=O)NC(CC(N)=O)C(=O)NC(CCC(N)=O)C(=O)NC(CS)C(=O)O. The predicted octanol–water partition coefficient (Wildman–Crippen LogP) is -3.42. The van der Waals surface area contributed by atoms with Gasteiger partial charge in [-0.05, 0) is 12.3 Å². The van der Waals surface area contributed by atoms with Gasteiger partial charge in [-0.2, -0.15) is 12.6 Å². The van der Waals surface area contributed by atoms with Crippen molar-refractivity contribution in [3.8, 4) is 0 Å². The van der Waals surface area contributed by atoms with Crippen molar-refractivity contribution in [2.45, 2.75) is 57.3 Å². The minimum absolute atomic E-state index is 0.231. The van der Waals surface area contributed by atoms with E-state index in [2.05, 4.69) is 28.6 Å². The van der Waals surface area contributed by atoms with Crippen molar-refractivity contribution in [2.75, 3.05) is 5.75 Å². The Kier molecular flexibility index (Phi) is 12.2. The van der Waals surface area contributed by atoms with E-state index in [0.717, 1.165) is 0 Å². The minimum atomic E-state index is -1.45. The first-order valence-electron chi connectivity index (χ1n) is 9.37. The third kappa shape index (κ3) is 10.6. The fourth-order valence-corrected chi connectivity index (χ4v) is 2.51. The molecule has 0 aromatic heterocycles. The lowest BCUT2D eigenvalue weighted by molar-refractivity contribution is -0.142. The van der Waals surface area contributed by atoms with E-state index in [4.69, 9.17) is 22.3 Å². The van der Waals surface area contributed by atoms with Gasteiger partial charge >= 0.3 is 5.97 Å². The molecule has 0 heterocycles. The van der Waals surface area contributed by atoms with Gasteiger partial charge in [0.2, 0.25) is 29.5 Å². The second-order valence-electron chi connectivity index (χ2n) is 7.15. The first-order chi connectivity index (χ1) is 14.3. The summed E-state index contributed by atoms with van der Waals surface area (Å²) in [6, 6.07) is -5.15. The summed E-state index contributed by atoms with van der Waals surface area (Å²) in [4.78, 5) is 70.9. The number of carbonyl (C=O) groups is 6. The third-order valence-corrected chi connectivity index (χ3v) is 4.53. The first-order valence-corrected chi connectivity index (χ1v) is 10.00. The Morgan fingerprint density at radius 3 is 1.74 bits per heavy atom. The van der Waals surface area contributed by atoms with Crippen molar-refractivity contribution in [1.82, 2.24) is 16.0 Å². The number of rotatable bonds is 14. The van der Waals surface area contributed by atoms with Crippen LogP contribution in [0.15, 0.2) is 0 Å². The molecular formula is C17H30N6O7S. The molecule has 0 radical (unpaired) electrons. The van der Waals surface area contributed by atoms with E-state index in [0.29, 0.717) is 0 Å². The highest BCUT2D eigenvalue weighted by Gasteiger charge is 2.31. The molecule has 5 amide bonds. The van der Waals surface area contributed by atoms with E-state index < -0.39 is 66.1 Å². The number of primary amides is 2. The molecule has 0 saturated heterocycles. The molecule has 31 heavy (non-hydrogen) atoms. The fourth-order valence-electron chi connectivity index (χ4n) is 2.27. The van der Waals surface area contributed by atoms with Crippen LogP contribution < -0.4 is 33.2 Å². The normalized spacial score (nSPS) is 14.6. The number of thiol groups is 1. The molecule has 13 nitrogen and oxygen atoms in total. The maximum absolute atomic E-state index is 12.7. The highest BCUT2D eigenvalue weighted by atomic mass is 32.1. The molecule has 0 spiro atoms. The number of carbonyl (C=O) groups excluding carboxylic acids is 5. The lowest BCUT2D eigenvalue weighted by Crippen LogP contribution is -2.58. The van der Waals surface area contributed by atoms with E-state index in [-0.39, 0.29) is 24.5 Å². The number of nitrogens with two attached hydrogens (primary N) is 3.